The standard InChI is InChI=1S/C19H26N2/c1-4-20-13-17-9-7-10-18(12-17)14-21(3)15-19-11-6-5-8-16(19)2/h5-12,20H,4,13-15H2,1-3H3. The van der Waals surface area contributed by atoms with Crippen LogP contribution in [0, 0.1) is 6.92 Å². The fourth-order valence-corrected chi connectivity index (χ4v) is 2.55. The smallest absolute Gasteiger partial charge is 0.0236 e. The Morgan fingerprint density at radius 3 is 2.48 bits per heavy atom. The number of hydrogen-bond donors (Lipinski definition) is 1. The summed E-state index contributed by atoms with van der Waals surface area (Å²) in [5, 5.41) is 3.38. The topological polar surface area (TPSA) is 15.3 Å². The van der Waals surface area contributed by atoms with E-state index in [-0.39, 0.29) is 0 Å². The predicted octanol–water partition coefficient (Wildman–Crippen LogP) is 3.74. The van der Waals surface area contributed by atoms with Crippen LogP contribution in [0.25, 0.3) is 0 Å². The number of hydrogen-bond acceptors (Lipinski definition) is 2. The SMILES string of the molecule is CCNCc1cccc(CN(C)Cc2ccccc2C)c1. The van der Waals surface area contributed by atoms with Crippen molar-refractivity contribution in [2.45, 2.75) is 33.5 Å². The van der Waals surface area contributed by atoms with E-state index in [0.29, 0.717) is 0 Å². The lowest BCUT2D eigenvalue weighted by molar-refractivity contribution is 0.318. The molecule has 0 bridgehead atoms. The highest BCUT2D eigenvalue weighted by Gasteiger charge is 2.04. The van der Waals surface area contributed by atoms with Gasteiger partial charge >= 0.3 is 0 Å². The van der Waals surface area contributed by atoms with Crippen molar-refractivity contribution in [3.8, 4) is 0 Å². The molecular formula is C19H26N2. The van der Waals surface area contributed by atoms with Gasteiger partial charge < -0.3 is 5.32 Å². The van der Waals surface area contributed by atoms with Gasteiger partial charge in [0.05, 0.1) is 0 Å². The molecule has 2 aromatic carbocycles. The summed E-state index contributed by atoms with van der Waals surface area (Å²) in [6.45, 7) is 8.25. The molecule has 0 aliphatic carbocycles. The molecule has 2 rings (SSSR count). The number of nitrogens with zero attached hydrogens (tertiary/aromatic N) is 1. The quantitative estimate of drug-likeness (QED) is 0.832. The van der Waals surface area contributed by atoms with Crippen molar-refractivity contribution in [3.05, 3.63) is 70.8 Å². The molecule has 2 aromatic rings. The Morgan fingerprint density at radius 1 is 0.952 bits per heavy atom. The highest BCUT2D eigenvalue weighted by molar-refractivity contribution is 5.26. The third-order valence-electron chi connectivity index (χ3n) is 3.72. The maximum Gasteiger partial charge on any atom is 0.0236 e. The zero-order valence-electron chi connectivity index (χ0n) is 13.4. The van der Waals surface area contributed by atoms with Crippen LogP contribution in [0.4, 0.5) is 0 Å². The fraction of sp³-hybridized carbons (Fsp3) is 0.368. The van der Waals surface area contributed by atoms with Gasteiger partial charge in [-0.05, 0) is 42.8 Å². The normalized spacial score (nSPS) is 11.0. The molecule has 0 atom stereocenters. The Bertz CT molecular complexity index is 563. The van der Waals surface area contributed by atoms with E-state index in [1.165, 1.54) is 22.3 Å². The molecule has 0 spiro atoms. The van der Waals surface area contributed by atoms with Crippen molar-refractivity contribution < 1.29 is 0 Å². The molecule has 0 radical (unpaired) electrons. The monoisotopic (exact) mass is 282 g/mol. The predicted molar refractivity (Wildman–Crippen MR) is 90.2 cm³/mol. The highest BCUT2D eigenvalue weighted by Crippen LogP contribution is 2.13. The Kier molecular flexibility index (Phi) is 5.97. The van der Waals surface area contributed by atoms with Gasteiger partial charge in [0.25, 0.3) is 0 Å². The Morgan fingerprint density at radius 2 is 1.71 bits per heavy atom. The van der Waals surface area contributed by atoms with E-state index in [0.717, 1.165) is 26.2 Å². The lowest BCUT2D eigenvalue weighted by atomic mass is 10.1. The second kappa shape index (κ2) is 7.96. The van der Waals surface area contributed by atoms with E-state index in [9.17, 15) is 0 Å². The van der Waals surface area contributed by atoms with Gasteiger partial charge in [0, 0.05) is 19.6 Å². The summed E-state index contributed by atoms with van der Waals surface area (Å²) in [6.07, 6.45) is 0. The summed E-state index contributed by atoms with van der Waals surface area (Å²) >= 11 is 0. The molecule has 0 aromatic heterocycles. The number of benzene rings is 2. The van der Waals surface area contributed by atoms with Gasteiger partial charge in [-0.25, -0.2) is 0 Å². The molecule has 0 aliphatic rings. The summed E-state index contributed by atoms with van der Waals surface area (Å²) in [6, 6.07) is 17.5. The van der Waals surface area contributed by atoms with Gasteiger partial charge in [-0.1, -0.05) is 55.5 Å². The van der Waals surface area contributed by atoms with Gasteiger partial charge in [-0.2, -0.15) is 0 Å². The van der Waals surface area contributed by atoms with Gasteiger partial charge in [-0.15, -0.1) is 0 Å². The number of nitrogens with one attached hydrogen (secondary N) is 1. The van der Waals surface area contributed by atoms with Gasteiger partial charge in [0.1, 0.15) is 0 Å². The molecule has 0 saturated heterocycles. The molecule has 0 fully saturated rings. The van der Waals surface area contributed by atoms with Crippen molar-refractivity contribution in [3.63, 3.8) is 0 Å². The molecule has 1 N–H and O–H groups in total. The fourth-order valence-electron chi connectivity index (χ4n) is 2.55. The second-order valence-electron chi connectivity index (χ2n) is 5.70. The van der Waals surface area contributed by atoms with Gasteiger partial charge in [-0.3, -0.25) is 4.90 Å². The van der Waals surface area contributed by atoms with E-state index >= 15 is 0 Å². The van der Waals surface area contributed by atoms with E-state index in [2.05, 4.69) is 79.6 Å². The van der Waals surface area contributed by atoms with Crippen LogP contribution >= 0.6 is 0 Å². The maximum atomic E-state index is 3.38. The van der Waals surface area contributed by atoms with Crippen LogP contribution in [0.1, 0.15) is 29.2 Å². The molecule has 2 nitrogen and oxygen atoms in total. The number of rotatable bonds is 7. The van der Waals surface area contributed by atoms with E-state index in [1.54, 1.807) is 0 Å². The number of aryl methyl sites for hydroxylation is 1. The van der Waals surface area contributed by atoms with Crippen molar-refractivity contribution >= 4 is 0 Å². The molecule has 0 heterocycles. The second-order valence-corrected chi connectivity index (χ2v) is 5.70. The van der Waals surface area contributed by atoms with Gasteiger partial charge in [0.2, 0.25) is 0 Å². The van der Waals surface area contributed by atoms with Crippen molar-refractivity contribution in [1.82, 2.24) is 10.2 Å². The van der Waals surface area contributed by atoms with Crippen LogP contribution in [0.3, 0.4) is 0 Å². The van der Waals surface area contributed by atoms with Crippen molar-refractivity contribution in [2.24, 2.45) is 0 Å². The molecule has 2 heteroatoms. The van der Waals surface area contributed by atoms with Crippen LogP contribution in [0.15, 0.2) is 48.5 Å². The average Bonchev–Trinajstić information content (AvgIpc) is 2.48. The molecule has 0 unspecified atom stereocenters. The minimum Gasteiger partial charge on any atom is -0.313 e. The van der Waals surface area contributed by atoms with Crippen LogP contribution in [-0.4, -0.2) is 18.5 Å². The lowest BCUT2D eigenvalue weighted by Crippen LogP contribution is -2.18. The average molecular weight is 282 g/mol. The maximum absolute atomic E-state index is 3.38. The molecular weight excluding hydrogens is 256 g/mol. The molecule has 0 amide bonds. The lowest BCUT2D eigenvalue weighted by Gasteiger charge is -2.18. The summed E-state index contributed by atoms with van der Waals surface area (Å²) in [5.41, 5.74) is 5.51. The largest absolute Gasteiger partial charge is 0.313 e. The Hall–Kier alpha value is -1.64. The minimum absolute atomic E-state index is 0.950. The zero-order valence-corrected chi connectivity index (χ0v) is 13.4. The third-order valence-corrected chi connectivity index (χ3v) is 3.72. The van der Waals surface area contributed by atoms with E-state index < -0.39 is 0 Å². The molecule has 112 valence electrons. The zero-order chi connectivity index (χ0) is 15.1. The first kappa shape index (κ1) is 15.7. The Labute approximate surface area is 128 Å². The van der Waals surface area contributed by atoms with Crippen LogP contribution in [-0.2, 0) is 19.6 Å². The summed E-state index contributed by atoms with van der Waals surface area (Å²) < 4.78 is 0. The van der Waals surface area contributed by atoms with Crippen LogP contribution < -0.4 is 5.32 Å². The summed E-state index contributed by atoms with van der Waals surface area (Å²) in [5.74, 6) is 0. The highest BCUT2D eigenvalue weighted by atomic mass is 15.1. The van der Waals surface area contributed by atoms with E-state index in [1.807, 2.05) is 0 Å². The molecule has 21 heavy (non-hydrogen) atoms. The first-order chi connectivity index (χ1) is 10.2. The van der Waals surface area contributed by atoms with E-state index in [4.69, 9.17) is 0 Å². The first-order valence-corrected chi connectivity index (χ1v) is 7.70. The van der Waals surface area contributed by atoms with Crippen LogP contribution in [0.2, 0.25) is 0 Å². The van der Waals surface area contributed by atoms with Crippen molar-refractivity contribution in [2.75, 3.05) is 13.6 Å². The molecule has 0 saturated carbocycles. The Balaban J connectivity index is 1.96. The van der Waals surface area contributed by atoms with Crippen LogP contribution in [0.5, 0.6) is 0 Å². The molecule has 0 aliphatic heterocycles. The van der Waals surface area contributed by atoms with Gasteiger partial charge in [0.15, 0.2) is 0 Å². The van der Waals surface area contributed by atoms with Crippen molar-refractivity contribution in [1.29, 1.82) is 0 Å². The minimum atomic E-state index is 0.950. The summed E-state index contributed by atoms with van der Waals surface area (Å²) in [7, 11) is 2.18. The third kappa shape index (κ3) is 5.00. The first-order valence-electron chi connectivity index (χ1n) is 7.70. The summed E-state index contributed by atoms with van der Waals surface area (Å²) in [4.78, 5) is 2.37.